The van der Waals surface area contributed by atoms with E-state index in [1.807, 2.05) is 0 Å². The summed E-state index contributed by atoms with van der Waals surface area (Å²) in [5, 5.41) is 4.42. The number of benzene rings is 2. The Kier molecular flexibility index (Phi) is 6.49. The number of carbonyl (C=O) groups excluding carboxylic acids is 2. The van der Waals surface area contributed by atoms with Crippen LogP contribution >= 0.6 is 11.8 Å². The van der Waals surface area contributed by atoms with E-state index in [0.717, 1.165) is 43.8 Å². The second-order valence-corrected chi connectivity index (χ2v) is 11.2. The molecular weight excluding hydrogens is 558 g/mol. The molecule has 4 aliphatic rings. The molecule has 4 aliphatic heterocycles. The number of carbonyl (C=O) groups is 2. The molecule has 7 rings (SSSR count). The van der Waals surface area contributed by atoms with E-state index in [4.69, 9.17) is 0 Å². The minimum absolute atomic E-state index is 0.113. The highest BCUT2D eigenvalue weighted by atomic mass is 32.2. The first-order valence-electron chi connectivity index (χ1n) is 12.6. The van der Waals surface area contributed by atoms with Gasteiger partial charge in [-0.05, 0) is 85.1 Å². The first-order chi connectivity index (χ1) is 18.9. The maximum atomic E-state index is 13.6. The van der Waals surface area contributed by atoms with Crippen LogP contribution in [0.25, 0.3) is 17.0 Å². The van der Waals surface area contributed by atoms with Gasteiger partial charge in [0.1, 0.15) is 0 Å². The fraction of sp³-hybridized carbons (Fsp3) is 0.370. The molecule has 1 atom stereocenters. The number of rotatable bonds is 4. The molecule has 40 heavy (non-hydrogen) atoms. The molecule has 210 valence electrons. The molecule has 2 aromatic carbocycles. The topological polar surface area (TPSA) is 58.4 Å². The first-order valence-corrected chi connectivity index (χ1v) is 13.4. The van der Waals surface area contributed by atoms with Crippen LogP contribution in [-0.2, 0) is 23.7 Å². The van der Waals surface area contributed by atoms with Crippen LogP contribution in [0.4, 0.5) is 31.1 Å². The van der Waals surface area contributed by atoms with Crippen molar-refractivity contribution in [2.24, 2.45) is 5.92 Å². The Morgan fingerprint density at radius 2 is 1.73 bits per heavy atom. The molecule has 0 N–H and O–H groups in total. The Bertz CT molecular complexity index is 1540. The summed E-state index contributed by atoms with van der Waals surface area (Å²) in [5.74, 6) is -0.0194. The predicted molar refractivity (Wildman–Crippen MR) is 136 cm³/mol. The molecule has 6 nitrogen and oxygen atoms in total. The summed E-state index contributed by atoms with van der Waals surface area (Å²) in [6.45, 7) is 2.26. The number of piperidine rings is 3. The summed E-state index contributed by atoms with van der Waals surface area (Å²) in [6.07, 6.45) is -4.92. The minimum Gasteiger partial charge on any atom is -0.301 e. The molecule has 4 saturated heterocycles. The minimum atomic E-state index is -4.98. The van der Waals surface area contributed by atoms with Crippen LogP contribution in [0, 0.1) is 5.92 Å². The van der Waals surface area contributed by atoms with Crippen molar-refractivity contribution in [3.8, 4) is 0 Å². The number of fused-ring (bicyclic) bond motifs is 4. The normalized spacial score (nSPS) is 24.6. The van der Waals surface area contributed by atoms with E-state index >= 15 is 0 Å². The van der Waals surface area contributed by atoms with E-state index in [0.29, 0.717) is 39.9 Å². The molecule has 1 unspecified atom stereocenters. The van der Waals surface area contributed by atoms with Crippen molar-refractivity contribution in [3.05, 3.63) is 69.8 Å². The number of nitrogens with zero attached hydrogens (tertiary/aromatic N) is 4. The van der Waals surface area contributed by atoms with Crippen LogP contribution in [0.5, 0.6) is 0 Å². The van der Waals surface area contributed by atoms with E-state index in [1.54, 1.807) is 24.3 Å². The summed E-state index contributed by atoms with van der Waals surface area (Å²) in [6, 6.07) is 6.38. The number of imide groups is 1. The second kappa shape index (κ2) is 9.65. The van der Waals surface area contributed by atoms with E-state index in [1.165, 1.54) is 15.8 Å². The van der Waals surface area contributed by atoms with Gasteiger partial charge in [0.05, 0.1) is 40.3 Å². The van der Waals surface area contributed by atoms with Crippen LogP contribution in [0.3, 0.4) is 0 Å². The zero-order chi connectivity index (χ0) is 28.4. The second-order valence-electron chi connectivity index (χ2n) is 10.2. The van der Waals surface area contributed by atoms with E-state index in [2.05, 4.69) is 10.00 Å². The lowest BCUT2D eigenvalue weighted by Crippen LogP contribution is -2.58. The number of hydrogen-bond donors (Lipinski definition) is 0. The van der Waals surface area contributed by atoms with Crippen molar-refractivity contribution in [1.29, 1.82) is 0 Å². The highest BCUT2D eigenvalue weighted by Gasteiger charge is 2.46. The van der Waals surface area contributed by atoms with E-state index < -0.39 is 30.0 Å². The van der Waals surface area contributed by atoms with Crippen molar-refractivity contribution in [2.45, 2.75) is 37.8 Å². The fourth-order valence-electron chi connectivity index (χ4n) is 5.78. The average molecular weight is 581 g/mol. The number of thioether (sulfide) groups is 1. The van der Waals surface area contributed by atoms with Gasteiger partial charge in [-0.15, -0.1) is 0 Å². The monoisotopic (exact) mass is 580 g/mol. The molecular formula is C27H22F6N4O2S. The number of alkyl halides is 6. The van der Waals surface area contributed by atoms with Crippen molar-refractivity contribution in [2.75, 3.05) is 19.6 Å². The van der Waals surface area contributed by atoms with Gasteiger partial charge in [0.2, 0.25) is 0 Å². The Labute approximate surface area is 228 Å². The molecule has 0 radical (unpaired) electrons. The maximum absolute atomic E-state index is 13.6. The summed E-state index contributed by atoms with van der Waals surface area (Å²) in [7, 11) is 0. The Morgan fingerprint density at radius 3 is 2.38 bits per heavy atom. The van der Waals surface area contributed by atoms with Gasteiger partial charge in [-0.25, -0.2) is 0 Å². The molecule has 1 aromatic heterocycles. The quantitative estimate of drug-likeness (QED) is 0.270. The number of halogens is 6. The molecule has 4 fully saturated rings. The molecule has 13 heteroatoms. The Hall–Kier alpha value is -3.32. The number of hydrogen-bond acceptors (Lipinski definition) is 5. The summed E-state index contributed by atoms with van der Waals surface area (Å²) in [4.78, 5) is 29.9. The fourth-order valence-corrected chi connectivity index (χ4v) is 6.67. The lowest BCUT2D eigenvalue weighted by atomic mass is 9.83. The molecule has 0 aliphatic carbocycles. The van der Waals surface area contributed by atoms with Gasteiger partial charge in [-0.2, -0.15) is 31.4 Å². The smallest absolute Gasteiger partial charge is 0.301 e. The molecule has 0 spiro atoms. The van der Waals surface area contributed by atoms with Gasteiger partial charge >= 0.3 is 12.4 Å². The zero-order valence-corrected chi connectivity index (χ0v) is 21.6. The zero-order valence-electron chi connectivity index (χ0n) is 20.8. The largest absolute Gasteiger partial charge is 0.416 e. The van der Waals surface area contributed by atoms with Crippen LogP contribution in [0.15, 0.2) is 47.5 Å². The van der Waals surface area contributed by atoms with Crippen molar-refractivity contribution in [3.63, 3.8) is 0 Å². The Balaban J connectivity index is 1.25. The molecule has 0 saturated carbocycles. The molecule has 2 amide bonds. The molecule has 5 heterocycles. The van der Waals surface area contributed by atoms with Crippen molar-refractivity contribution < 1.29 is 35.9 Å². The Morgan fingerprint density at radius 1 is 0.975 bits per heavy atom. The van der Waals surface area contributed by atoms with Gasteiger partial charge in [-0.3, -0.25) is 19.2 Å². The maximum Gasteiger partial charge on any atom is 0.416 e. The number of amides is 2. The SMILES string of the molecule is O=C1SC(=Cc2ccc3c(cnn3Cc3ccc(C(F)(F)F)cc3C(F)(F)F)c2)C(=O)N1C1CN2CCC1CC2. The van der Waals surface area contributed by atoms with Gasteiger partial charge in [-0.1, -0.05) is 12.1 Å². The summed E-state index contributed by atoms with van der Waals surface area (Å²) < 4.78 is 81.1. The van der Waals surface area contributed by atoms with E-state index in [9.17, 15) is 35.9 Å². The van der Waals surface area contributed by atoms with Crippen LogP contribution in [-0.4, -0.2) is 56.4 Å². The van der Waals surface area contributed by atoms with Crippen molar-refractivity contribution >= 4 is 39.9 Å². The lowest BCUT2D eigenvalue weighted by molar-refractivity contribution is -0.143. The van der Waals surface area contributed by atoms with Gasteiger partial charge in [0.15, 0.2) is 0 Å². The van der Waals surface area contributed by atoms with Gasteiger partial charge in [0.25, 0.3) is 11.1 Å². The van der Waals surface area contributed by atoms with Gasteiger partial charge in [0, 0.05) is 11.9 Å². The van der Waals surface area contributed by atoms with Crippen LogP contribution < -0.4 is 0 Å². The summed E-state index contributed by atoms with van der Waals surface area (Å²) in [5.41, 5.74) is -2.03. The average Bonchev–Trinajstić information content (AvgIpc) is 3.42. The highest BCUT2D eigenvalue weighted by Crippen LogP contribution is 2.40. The van der Waals surface area contributed by atoms with Crippen LogP contribution in [0.1, 0.15) is 35.1 Å². The van der Waals surface area contributed by atoms with Gasteiger partial charge < -0.3 is 4.90 Å². The summed E-state index contributed by atoms with van der Waals surface area (Å²) >= 11 is 0.889. The highest BCUT2D eigenvalue weighted by molar-refractivity contribution is 8.18. The first kappa shape index (κ1) is 26.9. The van der Waals surface area contributed by atoms with E-state index in [-0.39, 0.29) is 28.8 Å². The molecule has 3 aromatic rings. The molecule has 2 bridgehead atoms. The number of aromatic nitrogens is 2. The van der Waals surface area contributed by atoms with Crippen LogP contribution in [0.2, 0.25) is 0 Å². The third-order valence-corrected chi connectivity index (χ3v) is 8.69. The predicted octanol–water partition coefficient (Wildman–Crippen LogP) is 6.25. The third-order valence-electron chi connectivity index (χ3n) is 7.80. The van der Waals surface area contributed by atoms with Crippen molar-refractivity contribution in [1.82, 2.24) is 19.6 Å². The third kappa shape index (κ3) is 4.89. The lowest BCUT2D eigenvalue weighted by Gasteiger charge is -2.47. The standard InChI is InChI=1S/C27H22F6N4O2S/c28-26(29,30)19-3-2-17(20(11-19)27(31,32)33)13-36-21-4-1-15(9-18(21)12-34-36)10-23-24(38)37(25(39)40-23)22-14-35-7-5-16(22)6-8-35/h1-4,9-12,16,22H,5-8,13-14H2.